The van der Waals surface area contributed by atoms with Crippen LogP contribution in [0.25, 0.3) is 0 Å². The molecule has 0 spiro atoms. The van der Waals surface area contributed by atoms with Crippen LogP contribution in [0.2, 0.25) is 0 Å². The molecule has 25 heavy (non-hydrogen) atoms. The second-order valence-corrected chi connectivity index (χ2v) is 6.03. The fourth-order valence-electron chi connectivity index (χ4n) is 2.58. The van der Waals surface area contributed by atoms with Gasteiger partial charge in [-0.25, -0.2) is 15.0 Å². The largest absolute Gasteiger partial charge is 0.429 e. The van der Waals surface area contributed by atoms with Gasteiger partial charge < -0.3 is 20.0 Å². The van der Waals surface area contributed by atoms with Crippen LogP contribution in [-0.4, -0.2) is 47.2 Å². The second kappa shape index (κ2) is 6.87. The Balaban J connectivity index is 1.59. The summed E-state index contributed by atoms with van der Waals surface area (Å²) in [6.07, 6.45) is -0.524. The van der Waals surface area contributed by atoms with E-state index in [1.165, 1.54) is 0 Å². The quantitative estimate of drug-likeness (QED) is 0.892. The number of nitrogens with zero attached hydrogens (tertiary/aromatic N) is 5. The molecule has 0 amide bonds. The number of nitrogens with two attached hydrogens (primary N) is 1. The van der Waals surface area contributed by atoms with E-state index >= 15 is 0 Å². The minimum atomic E-state index is -4.43. The molecule has 0 saturated carbocycles. The maximum absolute atomic E-state index is 12.6. The number of hydrogen-bond donors (Lipinski definition) is 1. The highest BCUT2D eigenvalue weighted by atomic mass is 19.4. The van der Waals surface area contributed by atoms with Gasteiger partial charge in [0.1, 0.15) is 5.76 Å². The molecule has 0 aliphatic carbocycles. The summed E-state index contributed by atoms with van der Waals surface area (Å²) in [5.74, 6) is 1.02. The zero-order valence-electron chi connectivity index (χ0n) is 13.7. The van der Waals surface area contributed by atoms with Crippen molar-refractivity contribution in [3.05, 3.63) is 29.9 Å². The monoisotopic (exact) mass is 356 g/mol. The Morgan fingerprint density at radius 1 is 1.08 bits per heavy atom. The maximum atomic E-state index is 12.6. The van der Waals surface area contributed by atoms with Crippen LogP contribution < -0.4 is 15.5 Å². The maximum Gasteiger partial charge on any atom is 0.419 e. The summed E-state index contributed by atoms with van der Waals surface area (Å²) in [6.45, 7) is 4.25. The van der Waals surface area contributed by atoms with Crippen molar-refractivity contribution >= 4 is 12.0 Å². The number of oxazole rings is 1. The van der Waals surface area contributed by atoms with Crippen molar-refractivity contribution in [1.82, 2.24) is 15.0 Å². The van der Waals surface area contributed by atoms with Crippen LogP contribution in [0.1, 0.15) is 18.2 Å². The minimum Gasteiger partial charge on any atom is -0.429 e. The average Bonchev–Trinajstić information content (AvgIpc) is 3.02. The Morgan fingerprint density at radius 3 is 2.24 bits per heavy atom. The number of aromatic nitrogens is 3. The van der Waals surface area contributed by atoms with E-state index in [4.69, 9.17) is 10.2 Å². The standard InChI is InChI=1S/C15H19F3N6O/c1-10(19)6-12-9-22-14(25-12)24-4-2-23(3-5-24)13-20-7-11(8-21-13)15(16,17)18/h7-10H,2-6,19H2,1H3. The molecule has 0 bridgehead atoms. The fourth-order valence-corrected chi connectivity index (χ4v) is 2.58. The Bertz CT molecular complexity index is 692. The van der Waals surface area contributed by atoms with Crippen molar-refractivity contribution < 1.29 is 17.6 Å². The van der Waals surface area contributed by atoms with Gasteiger partial charge in [0.2, 0.25) is 5.95 Å². The van der Waals surface area contributed by atoms with E-state index in [0.29, 0.717) is 38.6 Å². The molecule has 1 fully saturated rings. The van der Waals surface area contributed by atoms with Crippen LogP contribution in [-0.2, 0) is 12.6 Å². The van der Waals surface area contributed by atoms with Gasteiger partial charge in [-0.2, -0.15) is 13.2 Å². The molecule has 1 aliphatic heterocycles. The number of hydrogen-bond acceptors (Lipinski definition) is 7. The summed E-state index contributed by atoms with van der Waals surface area (Å²) in [5.41, 5.74) is 4.89. The van der Waals surface area contributed by atoms with E-state index < -0.39 is 11.7 Å². The van der Waals surface area contributed by atoms with Crippen LogP contribution in [0.15, 0.2) is 23.0 Å². The van der Waals surface area contributed by atoms with E-state index in [1.807, 2.05) is 16.7 Å². The Labute approximate surface area is 142 Å². The van der Waals surface area contributed by atoms with Crippen molar-refractivity contribution in [3.63, 3.8) is 0 Å². The fraction of sp³-hybridized carbons (Fsp3) is 0.533. The molecule has 1 aliphatic rings. The second-order valence-electron chi connectivity index (χ2n) is 6.03. The van der Waals surface area contributed by atoms with Crippen LogP contribution in [0, 0.1) is 0 Å². The number of anilines is 2. The van der Waals surface area contributed by atoms with Crippen molar-refractivity contribution in [2.24, 2.45) is 5.73 Å². The van der Waals surface area contributed by atoms with Crippen molar-refractivity contribution in [2.45, 2.75) is 25.6 Å². The SMILES string of the molecule is CC(N)Cc1cnc(N2CCN(c3ncc(C(F)(F)F)cn3)CC2)o1. The molecule has 1 atom stereocenters. The van der Waals surface area contributed by atoms with Gasteiger partial charge in [0.25, 0.3) is 6.01 Å². The molecule has 2 N–H and O–H groups in total. The molecule has 1 saturated heterocycles. The third kappa shape index (κ3) is 4.19. The van der Waals surface area contributed by atoms with E-state index in [9.17, 15) is 13.2 Å². The molecule has 7 nitrogen and oxygen atoms in total. The summed E-state index contributed by atoms with van der Waals surface area (Å²) < 4.78 is 43.4. The van der Waals surface area contributed by atoms with Crippen LogP contribution >= 0.6 is 0 Å². The molecular formula is C15H19F3N6O. The van der Waals surface area contributed by atoms with E-state index in [-0.39, 0.29) is 12.0 Å². The van der Waals surface area contributed by atoms with Gasteiger partial charge in [-0.1, -0.05) is 0 Å². The average molecular weight is 356 g/mol. The first-order chi connectivity index (χ1) is 11.8. The van der Waals surface area contributed by atoms with Gasteiger partial charge in [0.05, 0.1) is 11.8 Å². The summed E-state index contributed by atoms with van der Waals surface area (Å²) in [5, 5.41) is 0. The van der Waals surface area contributed by atoms with Gasteiger partial charge >= 0.3 is 6.18 Å². The first-order valence-corrected chi connectivity index (χ1v) is 7.92. The number of rotatable bonds is 4. The third-order valence-electron chi connectivity index (χ3n) is 3.86. The van der Waals surface area contributed by atoms with E-state index in [1.54, 1.807) is 6.20 Å². The third-order valence-corrected chi connectivity index (χ3v) is 3.86. The van der Waals surface area contributed by atoms with E-state index in [0.717, 1.165) is 18.2 Å². The smallest absolute Gasteiger partial charge is 0.419 e. The van der Waals surface area contributed by atoms with Gasteiger partial charge in [-0.05, 0) is 6.92 Å². The Kier molecular flexibility index (Phi) is 4.80. The molecule has 0 radical (unpaired) electrons. The lowest BCUT2D eigenvalue weighted by Crippen LogP contribution is -2.47. The lowest BCUT2D eigenvalue weighted by Gasteiger charge is -2.33. The zero-order chi connectivity index (χ0) is 18.0. The molecule has 0 aromatic carbocycles. The molecular weight excluding hydrogens is 337 g/mol. The van der Waals surface area contributed by atoms with Crippen LogP contribution in [0.4, 0.5) is 25.1 Å². The number of piperazine rings is 1. The predicted octanol–water partition coefficient (Wildman–Crippen LogP) is 1.70. The molecule has 3 rings (SSSR count). The van der Waals surface area contributed by atoms with Crippen LogP contribution in [0.3, 0.4) is 0 Å². The molecule has 1 unspecified atom stereocenters. The highest BCUT2D eigenvalue weighted by molar-refractivity contribution is 5.36. The summed E-state index contributed by atoms with van der Waals surface area (Å²) in [6, 6.07) is 0.526. The Hall–Kier alpha value is -2.36. The van der Waals surface area contributed by atoms with E-state index in [2.05, 4.69) is 15.0 Å². The first kappa shape index (κ1) is 17.5. The normalized spacial score (nSPS) is 17.0. The summed E-state index contributed by atoms with van der Waals surface area (Å²) in [7, 11) is 0. The number of alkyl halides is 3. The van der Waals surface area contributed by atoms with Gasteiger partial charge in [0.15, 0.2) is 0 Å². The lowest BCUT2D eigenvalue weighted by atomic mass is 10.2. The summed E-state index contributed by atoms with van der Waals surface area (Å²) in [4.78, 5) is 15.7. The minimum absolute atomic E-state index is 0.00512. The molecule has 3 heterocycles. The molecule has 10 heteroatoms. The summed E-state index contributed by atoms with van der Waals surface area (Å²) >= 11 is 0. The molecule has 136 valence electrons. The Morgan fingerprint density at radius 2 is 1.68 bits per heavy atom. The van der Waals surface area contributed by atoms with Crippen molar-refractivity contribution in [3.8, 4) is 0 Å². The highest BCUT2D eigenvalue weighted by Gasteiger charge is 2.32. The zero-order valence-corrected chi connectivity index (χ0v) is 13.7. The topological polar surface area (TPSA) is 84.3 Å². The highest BCUT2D eigenvalue weighted by Crippen LogP contribution is 2.28. The lowest BCUT2D eigenvalue weighted by molar-refractivity contribution is -0.138. The van der Waals surface area contributed by atoms with Crippen LogP contribution in [0.5, 0.6) is 0 Å². The van der Waals surface area contributed by atoms with Crippen molar-refractivity contribution in [2.75, 3.05) is 36.0 Å². The molecule has 2 aromatic heterocycles. The predicted molar refractivity (Wildman–Crippen MR) is 85.3 cm³/mol. The molecule has 2 aromatic rings. The van der Waals surface area contributed by atoms with Gasteiger partial charge in [-0.15, -0.1) is 0 Å². The van der Waals surface area contributed by atoms with Gasteiger partial charge in [0, 0.05) is 51.0 Å². The van der Waals surface area contributed by atoms with Gasteiger partial charge in [-0.3, -0.25) is 0 Å². The first-order valence-electron chi connectivity index (χ1n) is 7.92. The number of halogens is 3. The van der Waals surface area contributed by atoms with Crippen molar-refractivity contribution in [1.29, 1.82) is 0 Å².